The molecule has 0 aromatic heterocycles. The van der Waals surface area contributed by atoms with E-state index in [4.69, 9.17) is 37.9 Å². The van der Waals surface area contributed by atoms with Crippen molar-refractivity contribution >= 4 is 34.8 Å². The number of amides is 1. The first-order valence-electron chi connectivity index (χ1n) is 7.18. The molecule has 0 saturated heterocycles. The number of nitrogens with one attached hydrogen (secondary N) is 1. The van der Waals surface area contributed by atoms with Gasteiger partial charge < -0.3 is 14.8 Å². The van der Waals surface area contributed by atoms with E-state index in [1.807, 2.05) is 6.07 Å². The van der Waals surface area contributed by atoms with Crippen molar-refractivity contribution in [2.75, 3.05) is 18.5 Å². The Kier molecular flexibility index (Phi) is 4.79. The summed E-state index contributed by atoms with van der Waals surface area (Å²) in [5, 5.41) is 12.2. The van der Waals surface area contributed by atoms with Gasteiger partial charge in [0.25, 0.3) is 5.91 Å². The topological polar surface area (TPSA) is 71.4 Å². The number of benzene rings is 2. The Morgan fingerprint density at radius 2 is 1.92 bits per heavy atom. The van der Waals surface area contributed by atoms with E-state index < -0.39 is 0 Å². The van der Waals surface area contributed by atoms with Gasteiger partial charge in [-0.25, -0.2) is 0 Å². The van der Waals surface area contributed by atoms with Crippen LogP contribution in [0, 0.1) is 11.3 Å². The maximum atomic E-state index is 12.4. The molecule has 0 radical (unpaired) electrons. The first kappa shape index (κ1) is 16.4. The molecule has 122 valence electrons. The van der Waals surface area contributed by atoms with E-state index in [0.29, 0.717) is 46.5 Å². The monoisotopic (exact) mass is 362 g/mol. The quantitative estimate of drug-likeness (QED) is 0.865. The van der Waals surface area contributed by atoms with E-state index in [2.05, 4.69) is 5.32 Å². The number of nitrogens with zero attached hydrogens (tertiary/aromatic N) is 1. The third-order valence-corrected chi connectivity index (χ3v) is 4.01. The number of carbonyl (C=O) groups is 1. The molecule has 24 heavy (non-hydrogen) atoms. The van der Waals surface area contributed by atoms with Crippen LogP contribution in [-0.4, -0.2) is 19.1 Å². The first-order chi connectivity index (χ1) is 11.6. The van der Waals surface area contributed by atoms with Crippen LogP contribution in [0.15, 0.2) is 30.3 Å². The van der Waals surface area contributed by atoms with Gasteiger partial charge in [-0.3, -0.25) is 4.79 Å². The highest BCUT2D eigenvalue weighted by Crippen LogP contribution is 2.38. The van der Waals surface area contributed by atoms with E-state index in [1.165, 1.54) is 12.1 Å². The molecule has 1 heterocycles. The normalized spacial score (nSPS) is 12.9. The van der Waals surface area contributed by atoms with Crippen LogP contribution in [0.4, 0.5) is 5.69 Å². The fourth-order valence-electron chi connectivity index (χ4n) is 2.25. The number of hydrogen-bond donors (Lipinski definition) is 1. The lowest BCUT2D eigenvalue weighted by atomic mass is 10.1. The van der Waals surface area contributed by atoms with Crippen molar-refractivity contribution in [3.8, 4) is 17.6 Å². The van der Waals surface area contributed by atoms with Gasteiger partial charge in [-0.2, -0.15) is 5.26 Å². The Bertz CT molecular complexity index is 846. The number of nitriles is 1. The van der Waals surface area contributed by atoms with Gasteiger partial charge in [-0.05, 0) is 30.3 Å². The Morgan fingerprint density at radius 1 is 1.12 bits per heavy atom. The van der Waals surface area contributed by atoms with Crippen molar-refractivity contribution in [3.63, 3.8) is 0 Å². The van der Waals surface area contributed by atoms with Gasteiger partial charge in [0, 0.05) is 17.7 Å². The molecule has 1 amide bonds. The Labute approximate surface area is 148 Å². The minimum absolute atomic E-state index is 0.270. The summed E-state index contributed by atoms with van der Waals surface area (Å²) in [5.41, 5.74) is 1.16. The summed E-state index contributed by atoms with van der Waals surface area (Å²) in [6.07, 6.45) is 0.746. The summed E-state index contributed by atoms with van der Waals surface area (Å²) in [7, 11) is 0. The molecule has 0 fully saturated rings. The average molecular weight is 363 g/mol. The van der Waals surface area contributed by atoms with Crippen molar-refractivity contribution in [2.24, 2.45) is 0 Å². The van der Waals surface area contributed by atoms with E-state index in [9.17, 15) is 4.79 Å². The molecule has 1 N–H and O–H groups in total. The molecule has 0 atom stereocenters. The van der Waals surface area contributed by atoms with Crippen LogP contribution in [0.5, 0.6) is 11.5 Å². The highest BCUT2D eigenvalue weighted by molar-refractivity contribution is 6.33. The molecule has 0 spiro atoms. The second kappa shape index (κ2) is 7.00. The molecular weight excluding hydrogens is 351 g/mol. The summed E-state index contributed by atoms with van der Waals surface area (Å²) in [5.74, 6) is 0.531. The minimum atomic E-state index is -0.367. The van der Waals surface area contributed by atoms with E-state index >= 15 is 0 Å². The second-order valence-electron chi connectivity index (χ2n) is 5.10. The fourth-order valence-corrected chi connectivity index (χ4v) is 2.74. The lowest BCUT2D eigenvalue weighted by Crippen LogP contribution is -2.12. The van der Waals surface area contributed by atoms with E-state index in [1.54, 1.807) is 18.2 Å². The molecular formula is C17H12Cl2N2O3. The van der Waals surface area contributed by atoms with Crippen molar-refractivity contribution in [1.29, 1.82) is 5.26 Å². The summed E-state index contributed by atoms with van der Waals surface area (Å²) in [6, 6.07) is 9.74. The molecule has 1 aliphatic heterocycles. The molecule has 0 saturated carbocycles. The van der Waals surface area contributed by atoms with Gasteiger partial charge in [-0.1, -0.05) is 23.2 Å². The SMILES string of the molecule is N#Cc1ccc(NC(=O)c2cc(Cl)c3c(c2)OCCCO3)cc1Cl. The largest absolute Gasteiger partial charge is 0.489 e. The molecule has 2 aromatic carbocycles. The molecule has 0 bridgehead atoms. The maximum absolute atomic E-state index is 12.4. The molecule has 3 rings (SSSR count). The van der Waals surface area contributed by atoms with Crippen molar-refractivity contribution in [2.45, 2.75) is 6.42 Å². The van der Waals surface area contributed by atoms with Crippen LogP contribution in [0.25, 0.3) is 0 Å². The second-order valence-corrected chi connectivity index (χ2v) is 5.91. The average Bonchev–Trinajstić information content (AvgIpc) is 2.80. The Morgan fingerprint density at radius 3 is 2.67 bits per heavy atom. The van der Waals surface area contributed by atoms with Crippen molar-refractivity contribution in [1.82, 2.24) is 0 Å². The molecule has 5 nitrogen and oxygen atoms in total. The first-order valence-corrected chi connectivity index (χ1v) is 7.94. The van der Waals surface area contributed by atoms with Crippen LogP contribution < -0.4 is 14.8 Å². The standard InChI is InChI=1S/C17H12Cl2N2O3/c18-13-8-12(3-2-10(13)9-20)21-17(22)11-6-14(19)16-15(7-11)23-4-1-5-24-16/h2-3,6-8H,1,4-5H2,(H,21,22). The van der Waals surface area contributed by atoms with Crippen LogP contribution in [0.1, 0.15) is 22.3 Å². The predicted molar refractivity (Wildman–Crippen MR) is 91.2 cm³/mol. The molecule has 2 aromatic rings. The number of fused-ring (bicyclic) bond motifs is 1. The van der Waals surface area contributed by atoms with Gasteiger partial charge in [0.15, 0.2) is 11.5 Å². The number of ether oxygens (including phenoxy) is 2. The lowest BCUT2D eigenvalue weighted by Gasteiger charge is -2.12. The number of rotatable bonds is 2. The fraction of sp³-hybridized carbons (Fsp3) is 0.176. The summed E-state index contributed by atoms with van der Waals surface area (Å²) in [4.78, 5) is 12.4. The summed E-state index contributed by atoms with van der Waals surface area (Å²) >= 11 is 12.2. The Balaban J connectivity index is 1.85. The lowest BCUT2D eigenvalue weighted by molar-refractivity contribution is 0.102. The third-order valence-electron chi connectivity index (χ3n) is 3.41. The smallest absolute Gasteiger partial charge is 0.255 e. The number of anilines is 1. The minimum Gasteiger partial charge on any atom is -0.489 e. The van der Waals surface area contributed by atoms with Gasteiger partial charge >= 0.3 is 0 Å². The van der Waals surface area contributed by atoms with Gasteiger partial charge in [0.1, 0.15) is 6.07 Å². The van der Waals surface area contributed by atoms with Crippen LogP contribution in [0.2, 0.25) is 10.0 Å². The zero-order valence-corrected chi connectivity index (χ0v) is 13.9. The maximum Gasteiger partial charge on any atom is 0.255 e. The highest BCUT2D eigenvalue weighted by atomic mass is 35.5. The highest BCUT2D eigenvalue weighted by Gasteiger charge is 2.18. The van der Waals surface area contributed by atoms with Gasteiger partial charge in [0.2, 0.25) is 0 Å². The molecule has 0 aliphatic carbocycles. The molecule has 0 unspecified atom stereocenters. The third kappa shape index (κ3) is 3.40. The van der Waals surface area contributed by atoms with Crippen LogP contribution in [-0.2, 0) is 0 Å². The Hall–Kier alpha value is -2.42. The number of carbonyl (C=O) groups excluding carboxylic acids is 1. The van der Waals surface area contributed by atoms with Crippen molar-refractivity contribution < 1.29 is 14.3 Å². The number of halogens is 2. The van der Waals surface area contributed by atoms with Crippen LogP contribution in [0.3, 0.4) is 0 Å². The summed E-state index contributed by atoms with van der Waals surface area (Å²) in [6.45, 7) is 1.02. The van der Waals surface area contributed by atoms with E-state index in [0.717, 1.165) is 6.42 Å². The zero-order chi connectivity index (χ0) is 17.1. The van der Waals surface area contributed by atoms with E-state index in [-0.39, 0.29) is 10.9 Å². The van der Waals surface area contributed by atoms with Crippen molar-refractivity contribution in [3.05, 3.63) is 51.5 Å². The van der Waals surface area contributed by atoms with Gasteiger partial charge in [0.05, 0.1) is 28.8 Å². The molecule has 1 aliphatic rings. The van der Waals surface area contributed by atoms with Gasteiger partial charge in [-0.15, -0.1) is 0 Å². The van der Waals surface area contributed by atoms with Crippen LogP contribution >= 0.6 is 23.2 Å². The zero-order valence-electron chi connectivity index (χ0n) is 12.4. The number of hydrogen-bond acceptors (Lipinski definition) is 4. The summed E-state index contributed by atoms with van der Waals surface area (Å²) < 4.78 is 11.1. The predicted octanol–water partition coefficient (Wildman–Crippen LogP) is 4.28. The molecule has 7 heteroatoms.